The van der Waals surface area contributed by atoms with Crippen LogP contribution in [0.1, 0.15) is 91.8 Å². The van der Waals surface area contributed by atoms with E-state index >= 15 is 0 Å². The number of piperidine rings is 1. The first kappa shape index (κ1) is 42.2. The normalized spacial score (nSPS) is 20.5. The summed E-state index contributed by atoms with van der Waals surface area (Å²) in [5.74, 6) is 1.69. The largest absolute Gasteiger partial charge is 0.508 e. The number of carbonyl (C=O) groups excluding carboxylic acids is 1. The lowest BCUT2D eigenvalue weighted by molar-refractivity contribution is -0.115. The minimum absolute atomic E-state index is 0.0731. The summed E-state index contributed by atoms with van der Waals surface area (Å²) in [4.78, 5) is 26.8. The van der Waals surface area contributed by atoms with Gasteiger partial charge in [-0.2, -0.15) is 5.26 Å². The van der Waals surface area contributed by atoms with Crippen molar-refractivity contribution in [3.05, 3.63) is 80.8 Å². The number of nitrogens with one attached hydrogen (secondary N) is 5. The Morgan fingerprint density at radius 3 is 2.57 bits per heavy atom. The molecule has 1 amide bonds. The number of likely N-dealkylation sites (tertiary alicyclic amines) is 1. The number of pyridine rings is 1. The van der Waals surface area contributed by atoms with Crippen LogP contribution >= 0.6 is 22.9 Å². The molecule has 3 aromatic rings. The zero-order valence-corrected chi connectivity index (χ0v) is 34.8. The van der Waals surface area contributed by atoms with Crippen molar-refractivity contribution in [2.75, 3.05) is 31.1 Å². The van der Waals surface area contributed by atoms with Crippen LogP contribution in [0.4, 0.5) is 5.00 Å². The molecule has 3 fully saturated rings. The fourth-order valence-electron chi connectivity index (χ4n) is 8.35. The topological polar surface area (TPSA) is 209 Å². The van der Waals surface area contributed by atoms with Gasteiger partial charge >= 0.3 is 0 Å². The highest BCUT2D eigenvalue weighted by atomic mass is 35.5. The number of amidine groups is 3. The number of halogens is 1. The summed E-state index contributed by atoms with van der Waals surface area (Å²) in [6, 6.07) is 10.1. The zero-order valence-electron chi connectivity index (χ0n) is 33.3. The summed E-state index contributed by atoms with van der Waals surface area (Å²) in [6.45, 7) is 8.26. The Labute approximate surface area is 348 Å². The molecule has 7 rings (SSSR count). The van der Waals surface area contributed by atoms with Crippen LogP contribution in [0.25, 0.3) is 0 Å². The maximum absolute atomic E-state index is 12.5. The lowest BCUT2D eigenvalue weighted by atomic mass is 9.58. The SMILES string of the molecule is CC(=N)N1C(=N)CN=C(c2ccc(OCC3CC4(CCCN(C(=N)/C=C\C(=N)C(=O)NC5CCCCC5)C4)C3)nc2)c2c1sc(C)c2C.N#Cc1ccc(O)cc1Cl. The molecule has 1 aromatic carbocycles. The van der Waals surface area contributed by atoms with Gasteiger partial charge in [-0.25, -0.2) is 4.98 Å². The molecule has 2 saturated carbocycles. The molecule has 2 aromatic heterocycles. The Morgan fingerprint density at radius 2 is 1.90 bits per heavy atom. The molecule has 15 heteroatoms. The number of aliphatic imine (C=N–C) groups is 1. The van der Waals surface area contributed by atoms with Crippen molar-refractivity contribution in [1.29, 1.82) is 26.9 Å². The van der Waals surface area contributed by atoms with Gasteiger partial charge in [0.25, 0.3) is 5.91 Å². The predicted molar refractivity (Wildman–Crippen MR) is 231 cm³/mol. The molecule has 2 aliphatic carbocycles. The van der Waals surface area contributed by atoms with Crippen LogP contribution in [0.15, 0.2) is 53.7 Å². The number of hydrogen-bond donors (Lipinski definition) is 6. The van der Waals surface area contributed by atoms with Gasteiger partial charge in [-0.05, 0) is 113 Å². The zero-order chi connectivity index (χ0) is 41.6. The number of amides is 1. The van der Waals surface area contributed by atoms with E-state index in [0.717, 1.165) is 96.7 Å². The molecule has 4 aliphatic rings. The minimum Gasteiger partial charge on any atom is -0.508 e. The maximum atomic E-state index is 12.5. The van der Waals surface area contributed by atoms with Gasteiger partial charge in [0, 0.05) is 47.4 Å². The quantitative estimate of drug-likeness (QED) is 0.0968. The average molecular weight is 823 g/mol. The molecule has 1 saturated heterocycles. The summed E-state index contributed by atoms with van der Waals surface area (Å²) in [5.41, 5.74) is 4.19. The number of benzene rings is 1. The van der Waals surface area contributed by atoms with Gasteiger partial charge in [0.05, 0.1) is 29.4 Å². The summed E-state index contributed by atoms with van der Waals surface area (Å²) in [5, 5.41) is 55.0. The summed E-state index contributed by atoms with van der Waals surface area (Å²) < 4.78 is 6.14. The number of anilines is 1. The molecule has 6 N–H and O–H groups in total. The minimum atomic E-state index is -0.348. The Morgan fingerprint density at radius 1 is 1.14 bits per heavy atom. The van der Waals surface area contributed by atoms with E-state index in [1.807, 2.05) is 18.2 Å². The molecule has 13 nitrogen and oxygen atoms in total. The maximum Gasteiger partial charge on any atom is 0.269 e. The van der Waals surface area contributed by atoms with Gasteiger partial charge in [-0.1, -0.05) is 30.9 Å². The predicted octanol–water partition coefficient (Wildman–Crippen LogP) is 8.18. The number of nitrogens with zero attached hydrogens (tertiary/aromatic N) is 5. The summed E-state index contributed by atoms with van der Waals surface area (Å²) in [7, 11) is 0. The van der Waals surface area contributed by atoms with E-state index in [0.29, 0.717) is 35.6 Å². The van der Waals surface area contributed by atoms with E-state index in [2.05, 4.69) is 29.0 Å². The van der Waals surface area contributed by atoms with Crippen LogP contribution in [0.3, 0.4) is 0 Å². The third-order valence-electron chi connectivity index (χ3n) is 11.4. The van der Waals surface area contributed by atoms with Gasteiger partial charge in [0.1, 0.15) is 40.0 Å². The highest BCUT2D eigenvalue weighted by molar-refractivity contribution is 7.17. The van der Waals surface area contributed by atoms with E-state index in [1.54, 1.807) is 35.4 Å². The number of carbonyl (C=O) groups is 1. The molecule has 304 valence electrons. The number of thiophene rings is 1. The van der Waals surface area contributed by atoms with Crippen LogP contribution in [0.2, 0.25) is 5.02 Å². The van der Waals surface area contributed by atoms with Crippen molar-refractivity contribution in [3.8, 4) is 17.7 Å². The van der Waals surface area contributed by atoms with Crippen molar-refractivity contribution >= 4 is 62.8 Å². The Kier molecular flexibility index (Phi) is 13.4. The second-order valence-corrected chi connectivity index (χ2v) is 17.3. The van der Waals surface area contributed by atoms with Crippen molar-refractivity contribution in [1.82, 2.24) is 15.2 Å². The Bertz CT molecular complexity index is 2180. The fraction of sp³-hybridized carbons (Fsp3) is 0.442. The van der Waals surface area contributed by atoms with Crippen LogP contribution < -0.4 is 15.0 Å². The molecule has 58 heavy (non-hydrogen) atoms. The molecule has 0 atom stereocenters. The number of hydrogen-bond acceptors (Lipinski definition) is 11. The van der Waals surface area contributed by atoms with Crippen molar-refractivity contribution < 1.29 is 14.6 Å². The number of aryl methyl sites for hydroxylation is 1. The molecule has 0 unspecified atom stereocenters. The Hall–Kier alpha value is -5.39. The fourth-order valence-corrected chi connectivity index (χ4v) is 9.80. The first-order valence-electron chi connectivity index (χ1n) is 19.7. The average Bonchev–Trinajstić information content (AvgIpc) is 3.38. The molecule has 0 radical (unpaired) electrons. The second kappa shape index (κ2) is 18.5. The van der Waals surface area contributed by atoms with E-state index in [-0.39, 0.29) is 46.2 Å². The number of aromatic nitrogens is 1. The van der Waals surface area contributed by atoms with E-state index in [9.17, 15) is 4.79 Å². The van der Waals surface area contributed by atoms with E-state index in [1.165, 1.54) is 30.7 Å². The number of ether oxygens (including phenoxy) is 1. The molecule has 0 bridgehead atoms. The standard InChI is InChI=1S/C36H47N9O2S.C7H4ClNO/c1-22-23(2)48-35-32(22)33(42-19-30(40)45(35)24(3)37)26-10-13-31(41-18-26)47-20-25-16-36(17-25)14-7-15-44(21-36)29(39)12-11-28(38)34(46)43-27-8-5-4-6-9-27;8-7-3-6(10)2-1-5(7)4-9/h10-13,18,25,27,37-40H,4-9,14-17,19-21H2,1-3H3,(H,43,46);1-3,10H/b12-11-,37-24?,38-28?,39-29?,40-30?;. The van der Waals surface area contributed by atoms with Crippen molar-refractivity contribution in [3.63, 3.8) is 0 Å². The lowest BCUT2D eigenvalue weighted by Gasteiger charge is -2.53. The third kappa shape index (κ3) is 9.82. The van der Waals surface area contributed by atoms with Gasteiger partial charge in [-0.15, -0.1) is 11.3 Å². The molecule has 1 spiro atoms. The molecule has 2 aliphatic heterocycles. The summed E-state index contributed by atoms with van der Waals surface area (Å²) >= 11 is 7.14. The van der Waals surface area contributed by atoms with Gasteiger partial charge < -0.3 is 20.1 Å². The first-order valence-corrected chi connectivity index (χ1v) is 20.9. The highest BCUT2D eigenvalue weighted by Gasteiger charge is 2.47. The van der Waals surface area contributed by atoms with Crippen LogP contribution in [0.5, 0.6) is 11.6 Å². The lowest BCUT2D eigenvalue weighted by Crippen LogP contribution is -2.52. The van der Waals surface area contributed by atoms with Gasteiger partial charge in [0.2, 0.25) is 5.88 Å². The van der Waals surface area contributed by atoms with Gasteiger partial charge in [0.15, 0.2) is 0 Å². The smallest absolute Gasteiger partial charge is 0.269 e. The first-order chi connectivity index (χ1) is 27.8. The van der Waals surface area contributed by atoms with Gasteiger partial charge in [-0.3, -0.25) is 36.3 Å². The van der Waals surface area contributed by atoms with E-state index in [4.69, 9.17) is 53.3 Å². The molecule has 4 heterocycles. The molecular formula is C43H51ClN10O3S. The van der Waals surface area contributed by atoms with Crippen molar-refractivity contribution in [2.45, 2.75) is 84.6 Å². The second-order valence-electron chi connectivity index (χ2n) is 15.7. The highest BCUT2D eigenvalue weighted by Crippen LogP contribution is 2.51. The molecular weight excluding hydrogens is 772 g/mol. The Balaban J connectivity index is 0.000000496. The van der Waals surface area contributed by atoms with Crippen LogP contribution in [0, 0.1) is 58.1 Å². The van der Waals surface area contributed by atoms with Crippen LogP contribution in [-0.4, -0.2) is 82.1 Å². The summed E-state index contributed by atoms with van der Waals surface area (Å²) in [6.07, 6.45) is 14.6. The van der Waals surface area contributed by atoms with E-state index < -0.39 is 0 Å². The number of phenols is 1. The number of nitriles is 1. The monoisotopic (exact) mass is 822 g/mol. The van der Waals surface area contributed by atoms with Crippen LogP contribution in [-0.2, 0) is 4.79 Å². The number of aromatic hydroxyl groups is 1. The number of rotatable bonds is 8. The van der Waals surface area contributed by atoms with Crippen molar-refractivity contribution in [2.24, 2.45) is 16.3 Å². The number of fused-ring (bicyclic) bond motifs is 1. The third-order valence-corrected chi connectivity index (χ3v) is 12.9. The number of phenolic OH excluding ortho intramolecular Hbond substituents is 1.